The summed E-state index contributed by atoms with van der Waals surface area (Å²) in [7, 11) is 2.89. The first-order valence-corrected chi connectivity index (χ1v) is 24.9. The predicted molar refractivity (Wildman–Crippen MR) is 246 cm³/mol. The molecular formula is C51H67N4O7S+. The van der Waals surface area contributed by atoms with Crippen molar-refractivity contribution in [3.63, 3.8) is 0 Å². The molecule has 0 amide bonds. The number of hydrogen-bond donors (Lipinski definition) is 5. The third kappa shape index (κ3) is 9.49. The number of rotatable bonds is 12. The van der Waals surface area contributed by atoms with Gasteiger partial charge in [0.1, 0.15) is 23.0 Å². The summed E-state index contributed by atoms with van der Waals surface area (Å²) in [6.45, 7) is 1.55. The fourth-order valence-corrected chi connectivity index (χ4v) is 13.6. The molecule has 12 heteroatoms. The van der Waals surface area contributed by atoms with Crippen LogP contribution in [-0.2, 0) is 10.1 Å². The van der Waals surface area contributed by atoms with Crippen molar-refractivity contribution in [3.8, 4) is 23.0 Å². The zero-order chi connectivity index (χ0) is 43.7. The molecule has 0 saturated carbocycles. The summed E-state index contributed by atoms with van der Waals surface area (Å²) in [5, 5.41) is 13.0. The van der Waals surface area contributed by atoms with Crippen molar-refractivity contribution in [2.75, 3.05) is 47.3 Å². The minimum Gasteiger partial charge on any atom is -0.497 e. The van der Waals surface area contributed by atoms with E-state index in [1.165, 1.54) is 27.2 Å². The number of hydrogen-bond acceptors (Lipinski definition) is 9. The lowest BCUT2D eigenvalue weighted by molar-refractivity contribution is -0.915. The molecule has 0 radical (unpaired) electrons. The van der Waals surface area contributed by atoms with Crippen molar-refractivity contribution >= 4 is 10.1 Å². The fraction of sp³-hybridized carbons (Fsp3) is 0.529. The number of fused-ring (bicyclic) bond motifs is 8. The molecule has 5 aliphatic heterocycles. The Labute approximate surface area is 374 Å². The third-order valence-corrected chi connectivity index (χ3v) is 16.4. The molecule has 4 aromatic carbocycles. The summed E-state index contributed by atoms with van der Waals surface area (Å²) >= 11 is 0. The second-order valence-corrected chi connectivity index (χ2v) is 20.5. The van der Waals surface area contributed by atoms with Gasteiger partial charge in [0, 0.05) is 72.8 Å². The lowest BCUT2D eigenvalue weighted by atomic mass is 9.76. The molecule has 5 fully saturated rings. The van der Waals surface area contributed by atoms with E-state index in [1.54, 1.807) is 28.4 Å². The van der Waals surface area contributed by atoms with E-state index in [9.17, 15) is 13.0 Å². The molecule has 13 unspecified atom stereocenters. The van der Waals surface area contributed by atoms with Crippen LogP contribution in [0.4, 0.5) is 0 Å². The summed E-state index contributed by atoms with van der Waals surface area (Å²) < 4.78 is 57.7. The maximum Gasteiger partial charge on any atom is 0.265 e. The van der Waals surface area contributed by atoms with Gasteiger partial charge in [-0.05, 0) is 109 Å². The van der Waals surface area contributed by atoms with Gasteiger partial charge < -0.3 is 39.8 Å². The Bertz CT molecular complexity index is 2290. The second-order valence-electron chi connectivity index (χ2n) is 18.9. The van der Waals surface area contributed by atoms with Crippen LogP contribution in [0.3, 0.4) is 0 Å². The van der Waals surface area contributed by atoms with Gasteiger partial charge in [-0.25, -0.2) is 0 Å². The number of methoxy groups -OCH3 is 4. The highest BCUT2D eigenvalue weighted by atomic mass is 32.2. The summed E-state index contributed by atoms with van der Waals surface area (Å²) in [5.74, 6) is 4.27. The van der Waals surface area contributed by atoms with Crippen LogP contribution in [0.25, 0.3) is 0 Å². The maximum atomic E-state index is 12.2. The monoisotopic (exact) mass is 879 g/mol. The first kappa shape index (κ1) is 44.1. The quantitative estimate of drug-likeness (QED) is 0.107. The molecule has 0 spiro atoms. The van der Waals surface area contributed by atoms with Crippen LogP contribution in [0.5, 0.6) is 23.0 Å². The smallest absolute Gasteiger partial charge is 0.265 e. The van der Waals surface area contributed by atoms with E-state index in [-0.39, 0.29) is 71.7 Å². The molecule has 5 N–H and O–H groups in total. The van der Waals surface area contributed by atoms with E-state index in [2.05, 4.69) is 88.7 Å². The van der Waals surface area contributed by atoms with Crippen LogP contribution in [-0.4, -0.2) is 103 Å². The Kier molecular flexibility index (Phi) is 13.4. The predicted octanol–water partition coefficient (Wildman–Crippen LogP) is 6.08. The molecule has 13 atom stereocenters. The molecule has 0 aliphatic carbocycles. The second kappa shape index (κ2) is 19.1. The third-order valence-electron chi connectivity index (χ3n) is 15.6. The zero-order valence-electron chi connectivity index (χ0n) is 37.2. The van der Waals surface area contributed by atoms with Gasteiger partial charge in [0.2, 0.25) is 0 Å². The van der Waals surface area contributed by atoms with Crippen LogP contribution in [0.1, 0.15) is 97.3 Å². The molecule has 5 aliphatic rings. The Hall–Kier alpha value is -4.17. The van der Waals surface area contributed by atoms with Crippen molar-refractivity contribution in [1.29, 1.82) is 0 Å². The summed E-state index contributed by atoms with van der Waals surface area (Å²) in [6.07, 6.45) is 7.64. The number of nitrogens with one attached hydrogen (secondary N) is 4. The van der Waals surface area contributed by atoms with Gasteiger partial charge in [-0.3, -0.25) is 4.55 Å². The number of likely N-dealkylation sites (tertiary alicyclic amines) is 1. The molecule has 4 aromatic rings. The van der Waals surface area contributed by atoms with Crippen LogP contribution in [0.2, 0.25) is 0 Å². The van der Waals surface area contributed by atoms with Crippen molar-refractivity contribution < 1.29 is 36.8 Å². The Morgan fingerprint density at radius 1 is 0.540 bits per heavy atom. The first-order chi connectivity index (χ1) is 30.6. The van der Waals surface area contributed by atoms with Gasteiger partial charge in [-0.2, -0.15) is 8.42 Å². The summed E-state index contributed by atoms with van der Waals surface area (Å²) in [5.41, 5.74) is 5.13. The Morgan fingerprint density at radius 2 is 0.889 bits per heavy atom. The van der Waals surface area contributed by atoms with E-state index in [0.717, 1.165) is 74.5 Å². The van der Waals surface area contributed by atoms with Gasteiger partial charge >= 0.3 is 0 Å². The fourth-order valence-electron chi connectivity index (χ4n) is 13.1. The molecule has 9 rings (SSSR count). The van der Waals surface area contributed by atoms with Crippen molar-refractivity contribution in [2.45, 2.75) is 117 Å². The first-order valence-electron chi connectivity index (χ1n) is 23.3. The number of ether oxygens (including phenoxy) is 4. The lowest BCUT2D eigenvalue weighted by Crippen LogP contribution is -3.14. The van der Waals surface area contributed by atoms with Crippen LogP contribution < -0.4 is 39.8 Å². The van der Waals surface area contributed by atoms with E-state index >= 15 is 0 Å². The van der Waals surface area contributed by atoms with E-state index in [1.807, 2.05) is 24.3 Å². The van der Waals surface area contributed by atoms with Crippen molar-refractivity contribution in [2.24, 2.45) is 5.92 Å². The Morgan fingerprint density at radius 3 is 1.27 bits per heavy atom. The maximum absolute atomic E-state index is 12.2. The molecule has 5 heterocycles. The standard InChI is InChI=1S/C51H66N4O7S/c1-59-37-14-5-10-32(26-37)48-36-30-47(55(31-36)24-9-25-63(56,57)58)51(35-13-8-17-40(29-35)62-4)46-23-22-45(54-46)50(34-12-7-16-39(28-34)61-3)44-21-20-43(53-44)49(42-19-18-41(48)52-42)33-11-6-15-38(27-33)60-2/h5-8,10-17,26-29,36,41-54H,9,18-25,30-31H2,1-4H3,(H,56,57,58)/p+1. The topological polar surface area (TPSA) is 132 Å². The molecule has 0 aromatic heterocycles. The minimum absolute atomic E-state index is 0.131. The van der Waals surface area contributed by atoms with E-state index in [0.29, 0.717) is 18.9 Å². The van der Waals surface area contributed by atoms with Crippen LogP contribution in [0, 0.1) is 5.92 Å². The average molecular weight is 880 g/mol. The SMILES string of the molecule is COc1cccc(C2C3CC(C(c4cccc(OC)c4)C4CCC(N4)C(c4cccc(OC)c4)C4CCC(N4)C(c4cccc(OC)c4)C4CCC2N4)[NH+](CCCS(=O)(=O)O)C3)c1. The molecule has 5 saturated heterocycles. The number of benzene rings is 4. The van der Waals surface area contributed by atoms with Gasteiger partial charge in [-0.1, -0.05) is 48.5 Å². The largest absolute Gasteiger partial charge is 0.497 e. The highest BCUT2D eigenvalue weighted by Crippen LogP contribution is 2.47. The van der Waals surface area contributed by atoms with Gasteiger partial charge in [-0.15, -0.1) is 0 Å². The highest BCUT2D eigenvalue weighted by molar-refractivity contribution is 7.85. The molecule has 338 valence electrons. The molecular weight excluding hydrogens is 813 g/mol. The number of quaternary nitrogens is 1. The lowest BCUT2D eigenvalue weighted by Gasteiger charge is -2.37. The van der Waals surface area contributed by atoms with E-state index in [4.69, 9.17) is 18.9 Å². The van der Waals surface area contributed by atoms with Gasteiger partial charge in [0.25, 0.3) is 10.1 Å². The summed E-state index contributed by atoms with van der Waals surface area (Å²) in [4.78, 5) is 1.41. The molecule has 8 bridgehead atoms. The molecule has 63 heavy (non-hydrogen) atoms. The van der Waals surface area contributed by atoms with Crippen LogP contribution in [0.15, 0.2) is 97.1 Å². The van der Waals surface area contributed by atoms with Crippen LogP contribution >= 0.6 is 0 Å². The minimum atomic E-state index is -4.10. The highest BCUT2D eigenvalue weighted by Gasteiger charge is 2.52. The normalized spacial score (nSPS) is 32.9. The van der Waals surface area contributed by atoms with Gasteiger partial charge in [0.15, 0.2) is 0 Å². The average Bonchev–Trinajstić information content (AvgIpc) is 4.14. The molecule has 11 nitrogen and oxygen atoms in total. The van der Waals surface area contributed by atoms with Crippen molar-refractivity contribution in [1.82, 2.24) is 16.0 Å². The Balaban J connectivity index is 1.19. The van der Waals surface area contributed by atoms with Crippen molar-refractivity contribution in [3.05, 3.63) is 119 Å². The van der Waals surface area contributed by atoms with E-state index < -0.39 is 10.1 Å². The van der Waals surface area contributed by atoms with Gasteiger partial charge in [0.05, 0.1) is 59.2 Å². The summed E-state index contributed by atoms with van der Waals surface area (Å²) in [6, 6.07) is 36.3. The zero-order valence-corrected chi connectivity index (χ0v) is 38.1.